The minimum absolute atomic E-state index is 0.0348. The molecule has 79 heavy (non-hydrogen) atoms. The van der Waals surface area contributed by atoms with E-state index in [1.54, 1.807) is 0 Å². The molecule has 2 atom stereocenters. The number of carbonyl (C=O) groups excluding carboxylic acids is 2. The second-order valence-corrected chi connectivity index (χ2v) is 24.6. The van der Waals surface area contributed by atoms with Crippen molar-refractivity contribution in [1.82, 2.24) is 5.32 Å². The first-order valence-electron chi connectivity index (χ1n) is 35.7. The van der Waals surface area contributed by atoms with Crippen molar-refractivity contribution in [2.75, 3.05) is 13.2 Å². The van der Waals surface area contributed by atoms with Gasteiger partial charge in [0.2, 0.25) is 5.91 Å². The first kappa shape index (κ1) is 77.1. The number of ether oxygens (including phenoxy) is 1. The predicted octanol–water partition coefficient (Wildman–Crippen LogP) is 23.1. The van der Waals surface area contributed by atoms with Gasteiger partial charge in [0.1, 0.15) is 0 Å². The number of hydrogen-bond acceptors (Lipinski definition) is 5. The lowest BCUT2D eigenvalue weighted by atomic mass is 10.0. The molecule has 0 fully saturated rings. The van der Waals surface area contributed by atoms with Crippen LogP contribution in [-0.4, -0.2) is 47.4 Å². The van der Waals surface area contributed by atoms with Crippen LogP contribution in [-0.2, 0) is 14.3 Å². The summed E-state index contributed by atoms with van der Waals surface area (Å²) in [7, 11) is 0. The molecule has 0 spiro atoms. The van der Waals surface area contributed by atoms with Gasteiger partial charge in [0, 0.05) is 12.8 Å². The van der Waals surface area contributed by atoms with E-state index in [-0.39, 0.29) is 18.5 Å². The number of aliphatic hydroxyl groups excluding tert-OH is 2. The van der Waals surface area contributed by atoms with E-state index in [0.717, 1.165) is 51.4 Å². The van der Waals surface area contributed by atoms with Gasteiger partial charge in [-0.2, -0.15) is 0 Å². The smallest absolute Gasteiger partial charge is 0.305 e. The summed E-state index contributed by atoms with van der Waals surface area (Å²) in [6.45, 7) is 4.88. The molecule has 0 aliphatic rings. The molecule has 0 radical (unpaired) electrons. The second-order valence-electron chi connectivity index (χ2n) is 24.6. The Balaban J connectivity index is 3.44. The number of amides is 1. The van der Waals surface area contributed by atoms with Crippen LogP contribution >= 0.6 is 0 Å². The second kappa shape index (κ2) is 68.6. The molecule has 0 saturated carbocycles. The molecule has 0 rings (SSSR count). The molecule has 0 saturated heterocycles. The van der Waals surface area contributed by atoms with Crippen LogP contribution in [0.5, 0.6) is 0 Å². The number of aliphatic hydroxyl groups is 2. The van der Waals surface area contributed by atoms with Crippen molar-refractivity contribution in [2.45, 2.75) is 405 Å². The Morgan fingerprint density at radius 3 is 0.975 bits per heavy atom. The quantitative estimate of drug-likeness (QED) is 0.0320. The fraction of sp³-hybridized carbons (Fsp3) is 0.890. The lowest BCUT2D eigenvalue weighted by Gasteiger charge is -2.22. The third-order valence-electron chi connectivity index (χ3n) is 16.7. The third-order valence-corrected chi connectivity index (χ3v) is 16.7. The van der Waals surface area contributed by atoms with Gasteiger partial charge in [-0.25, -0.2) is 0 Å². The lowest BCUT2D eigenvalue weighted by molar-refractivity contribution is -0.143. The van der Waals surface area contributed by atoms with Gasteiger partial charge < -0.3 is 20.3 Å². The maximum atomic E-state index is 12.6. The Kier molecular flexibility index (Phi) is 66.9. The maximum absolute atomic E-state index is 12.6. The Morgan fingerprint density at radius 1 is 0.354 bits per heavy atom. The summed E-state index contributed by atoms with van der Waals surface area (Å²) in [6, 6.07) is -0.547. The Bertz CT molecular complexity index is 1280. The zero-order valence-corrected chi connectivity index (χ0v) is 53.4. The van der Waals surface area contributed by atoms with Crippen LogP contribution in [0.25, 0.3) is 0 Å². The number of carbonyl (C=O) groups is 2. The number of hydrogen-bond donors (Lipinski definition) is 3. The molecule has 0 aliphatic heterocycles. The highest BCUT2D eigenvalue weighted by molar-refractivity contribution is 5.76. The molecule has 6 heteroatoms. The SMILES string of the molecule is CCCCCCCC/C=C\CCCCCCCCCCCC(=O)OCC/C=C\C/C=C\CCCCCCCCCCCCCCCCC(=O)NC(CO)C(O)CCCCCCCCCCCCCCCCCCCCCCCC. The summed E-state index contributed by atoms with van der Waals surface area (Å²) in [5.74, 6) is -0.0705. The minimum Gasteiger partial charge on any atom is -0.465 e. The molecule has 0 bridgehead atoms. The van der Waals surface area contributed by atoms with Gasteiger partial charge in [0.05, 0.1) is 25.4 Å². The summed E-state index contributed by atoms with van der Waals surface area (Å²) >= 11 is 0. The first-order valence-corrected chi connectivity index (χ1v) is 35.7. The van der Waals surface area contributed by atoms with Crippen molar-refractivity contribution in [1.29, 1.82) is 0 Å². The van der Waals surface area contributed by atoms with Crippen LogP contribution in [0.15, 0.2) is 36.5 Å². The van der Waals surface area contributed by atoms with E-state index in [4.69, 9.17) is 4.74 Å². The van der Waals surface area contributed by atoms with E-state index in [1.165, 1.54) is 308 Å². The molecule has 0 aromatic rings. The van der Waals surface area contributed by atoms with Gasteiger partial charge in [0.25, 0.3) is 0 Å². The first-order chi connectivity index (χ1) is 39.0. The van der Waals surface area contributed by atoms with E-state index in [9.17, 15) is 19.8 Å². The topological polar surface area (TPSA) is 95.9 Å². The summed E-state index contributed by atoms with van der Waals surface area (Å²) in [5, 5.41) is 23.4. The molecular formula is C73H139NO5. The van der Waals surface area contributed by atoms with Gasteiger partial charge in [-0.05, 0) is 70.6 Å². The van der Waals surface area contributed by atoms with Gasteiger partial charge >= 0.3 is 5.97 Å². The number of allylic oxidation sites excluding steroid dienone is 5. The van der Waals surface area contributed by atoms with E-state index < -0.39 is 12.1 Å². The molecule has 3 N–H and O–H groups in total. The highest BCUT2D eigenvalue weighted by Gasteiger charge is 2.20. The van der Waals surface area contributed by atoms with Crippen molar-refractivity contribution in [3.05, 3.63) is 36.5 Å². The molecule has 0 aromatic carbocycles. The monoisotopic (exact) mass is 1110 g/mol. The van der Waals surface area contributed by atoms with Crippen molar-refractivity contribution in [2.24, 2.45) is 0 Å². The number of esters is 1. The van der Waals surface area contributed by atoms with Gasteiger partial charge in [-0.15, -0.1) is 0 Å². The Morgan fingerprint density at radius 2 is 0.633 bits per heavy atom. The molecule has 0 heterocycles. The maximum Gasteiger partial charge on any atom is 0.305 e. The van der Waals surface area contributed by atoms with Crippen LogP contribution in [0.1, 0.15) is 393 Å². The fourth-order valence-electron chi connectivity index (χ4n) is 11.2. The fourth-order valence-corrected chi connectivity index (χ4v) is 11.2. The van der Waals surface area contributed by atoms with Gasteiger partial charge in [-0.3, -0.25) is 9.59 Å². The van der Waals surface area contributed by atoms with Crippen LogP contribution in [0.3, 0.4) is 0 Å². The summed E-state index contributed by atoms with van der Waals surface area (Å²) in [5.41, 5.74) is 0. The average molecular weight is 1110 g/mol. The van der Waals surface area contributed by atoms with Gasteiger partial charge in [0.15, 0.2) is 0 Å². The summed E-state index contributed by atoms with van der Waals surface area (Å²) in [6.07, 6.45) is 87.7. The van der Waals surface area contributed by atoms with Crippen LogP contribution in [0.2, 0.25) is 0 Å². The zero-order valence-electron chi connectivity index (χ0n) is 53.4. The molecule has 1 amide bonds. The van der Waals surface area contributed by atoms with Crippen LogP contribution in [0.4, 0.5) is 0 Å². The predicted molar refractivity (Wildman–Crippen MR) is 347 cm³/mol. The molecule has 466 valence electrons. The molecule has 2 unspecified atom stereocenters. The van der Waals surface area contributed by atoms with Crippen molar-refractivity contribution in [3.8, 4) is 0 Å². The van der Waals surface area contributed by atoms with Crippen molar-refractivity contribution < 1.29 is 24.5 Å². The molecule has 0 aliphatic carbocycles. The average Bonchev–Trinajstić information content (AvgIpc) is 3.45. The zero-order chi connectivity index (χ0) is 57.1. The summed E-state index contributed by atoms with van der Waals surface area (Å²) < 4.78 is 5.44. The standard InChI is InChI=1S/C73H139NO5/c1-3-5-7-9-11-13-15-17-19-21-23-24-26-30-33-37-41-45-49-53-57-61-65-71(76)70(69-75)74-72(77)66-62-58-54-50-46-42-38-34-31-27-25-28-32-36-40-44-48-52-56-60-64-68-79-73(78)67-63-59-55-51-47-43-39-35-29-22-20-18-16-14-12-10-8-6-4-2/h18,20,44,48,56,60,70-71,75-76H,3-17,19,21-43,45-47,49-55,57-59,61-69H2,1-2H3,(H,74,77)/b20-18-,48-44-,60-56-. The lowest BCUT2D eigenvalue weighted by Crippen LogP contribution is -2.45. The highest BCUT2D eigenvalue weighted by atomic mass is 16.5. The number of unbranched alkanes of at least 4 members (excludes halogenated alkanes) is 50. The van der Waals surface area contributed by atoms with E-state index in [1.807, 2.05) is 0 Å². The number of rotatable bonds is 67. The number of nitrogens with one attached hydrogen (secondary N) is 1. The van der Waals surface area contributed by atoms with E-state index in [2.05, 4.69) is 55.6 Å². The van der Waals surface area contributed by atoms with Crippen molar-refractivity contribution >= 4 is 11.9 Å². The van der Waals surface area contributed by atoms with Crippen LogP contribution < -0.4 is 5.32 Å². The molecule has 0 aromatic heterocycles. The molecule has 6 nitrogen and oxygen atoms in total. The minimum atomic E-state index is -0.670. The van der Waals surface area contributed by atoms with Crippen LogP contribution in [0, 0.1) is 0 Å². The third kappa shape index (κ3) is 65.1. The summed E-state index contributed by atoms with van der Waals surface area (Å²) in [4.78, 5) is 24.6. The normalized spacial score (nSPS) is 12.7. The van der Waals surface area contributed by atoms with E-state index in [0.29, 0.717) is 25.9 Å². The van der Waals surface area contributed by atoms with E-state index >= 15 is 0 Å². The highest BCUT2D eigenvalue weighted by Crippen LogP contribution is 2.19. The van der Waals surface area contributed by atoms with Crippen molar-refractivity contribution in [3.63, 3.8) is 0 Å². The Labute approximate surface area is 494 Å². The largest absolute Gasteiger partial charge is 0.465 e. The molecular weight excluding hydrogens is 971 g/mol. The van der Waals surface area contributed by atoms with Gasteiger partial charge in [-0.1, -0.05) is 346 Å². The Hall–Kier alpha value is -1.92.